The molecule has 0 N–H and O–H groups in total. The first kappa shape index (κ1) is 23.2. The fourth-order valence-electron chi connectivity index (χ4n) is 2.69. The van der Waals surface area contributed by atoms with Crippen LogP contribution in [0.15, 0.2) is 24.3 Å². The lowest BCUT2D eigenvalue weighted by Gasteiger charge is -2.39. The van der Waals surface area contributed by atoms with Crippen LogP contribution in [0.3, 0.4) is 0 Å². The van der Waals surface area contributed by atoms with Crippen molar-refractivity contribution in [1.29, 1.82) is 0 Å². The van der Waals surface area contributed by atoms with Crippen LogP contribution in [0.1, 0.15) is 83.0 Å². The first-order valence-electron chi connectivity index (χ1n) is 10.00. The van der Waals surface area contributed by atoms with Gasteiger partial charge in [0.1, 0.15) is 0 Å². The second-order valence-corrected chi connectivity index (χ2v) is 8.17. The van der Waals surface area contributed by atoms with Gasteiger partial charge in [-0.3, -0.25) is 4.79 Å². The molecule has 3 nitrogen and oxygen atoms in total. The lowest BCUT2D eigenvalue weighted by Crippen LogP contribution is -2.37. The van der Waals surface area contributed by atoms with Crippen molar-refractivity contribution < 1.29 is 14.3 Å². The lowest BCUT2D eigenvalue weighted by molar-refractivity contribution is -0.235. The Bertz CT molecular complexity index is 511. The fourth-order valence-corrected chi connectivity index (χ4v) is 3.77. The molecule has 0 unspecified atom stereocenters. The summed E-state index contributed by atoms with van der Waals surface area (Å²) in [7, 11) is 0. The maximum Gasteiger partial charge on any atom is 0.219 e. The molecule has 0 saturated carbocycles. The molecule has 148 valence electrons. The van der Waals surface area contributed by atoms with E-state index in [2.05, 4.69) is 27.7 Å². The highest BCUT2D eigenvalue weighted by atomic mass is 32.2. The van der Waals surface area contributed by atoms with Crippen molar-refractivity contribution in [3.63, 3.8) is 0 Å². The highest BCUT2D eigenvalue weighted by Gasteiger charge is 2.34. The van der Waals surface area contributed by atoms with Gasteiger partial charge in [0.05, 0.1) is 13.2 Å². The van der Waals surface area contributed by atoms with E-state index in [4.69, 9.17) is 9.47 Å². The van der Waals surface area contributed by atoms with Crippen molar-refractivity contribution in [2.45, 2.75) is 67.1 Å². The van der Waals surface area contributed by atoms with E-state index < -0.39 is 0 Å². The molecule has 0 atom stereocenters. The Labute approximate surface area is 164 Å². The average Bonchev–Trinajstić information content (AvgIpc) is 2.69. The van der Waals surface area contributed by atoms with Gasteiger partial charge in [0.25, 0.3) is 0 Å². The van der Waals surface area contributed by atoms with Crippen molar-refractivity contribution in [3.05, 3.63) is 35.4 Å². The summed E-state index contributed by atoms with van der Waals surface area (Å²) in [6, 6.07) is 7.67. The summed E-state index contributed by atoms with van der Waals surface area (Å²) >= 11 is 1.40. The minimum absolute atomic E-state index is 0.142. The number of rotatable bonds is 7. The predicted molar refractivity (Wildman–Crippen MR) is 112 cm³/mol. The fraction of sp³-hybridized carbons (Fsp3) is 0.682. The zero-order valence-corrected chi connectivity index (χ0v) is 18.2. The van der Waals surface area contributed by atoms with Crippen molar-refractivity contribution in [1.82, 2.24) is 0 Å². The molecule has 0 aliphatic carbocycles. The van der Waals surface area contributed by atoms with Crippen molar-refractivity contribution >= 4 is 16.9 Å². The van der Waals surface area contributed by atoms with Crippen molar-refractivity contribution in [3.8, 4) is 0 Å². The van der Waals surface area contributed by atoms with Gasteiger partial charge < -0.3 is 9.47 Å². The third-order valence-corrected chi connectivity index (χ3v) is 5.87. The SMILES string of the molecule is CC.CCC1(CC)COC(c2ccc(C(=O)SCCC(C)C)cc2)OC1. The Kier molecular flexibility index (Phi) is 10.5. The first-order valence-corrected chi connectivity index (χ1v) is 11.0. The van der Waals surface area contributed by atoms with Crippen LogP contribution in [-0.4, -0.2) is 24.1 Å². The van der Waals surface area contributed by atoms with E-state index in [9.17, 15) is 4.79 Å². The van der Waals surface area contributed by atoms with Gasteiger partial charge in [-0.25, -0.2) is 0 Å². The summed E-state index contributed by atoms with van der Waals surface area (Å²) in [5.74, 6) is 1.51. The number of carbonyl (C=O) groups excluding carboxylic acids is 1. The van der Waals surface area contributed by atoms with Crippen LogP contribution in [0.25, 0.3) is 0 Å². The number of thioether (sulfide) groups is 1. The molecule has 1 heterocycles. The first-order chi connectivity index (χ1) is 12.5. The maximum absolute atomic E-state index is 12.2. The lowest BCUT2D eigenvalue weighted by atomic mass is 9.83. The number of benzene rings is 1. The minimum atomic E-state index is -0.311. The number of hydrogen-bond acceptors (Lipinski definition) is 4. The molecule has 1 fully saturated rings. The number of hydrogen-bond donors (Lipinski definition) is 0. The van der Waals surface area contributed by atoms with E-state index in [0.717, 1.165) is 49.4 Å². The van der Waals surface area contributed by atoms with Gasteiger partial charge in [-0.05, 0) is 25.2 Å². The van der Waals surface area contributed by atoms with E-state index in [0.29, 0.717) is 5.92 Å². The molecule has 1 aromatic carbocycles. The molecular weight excluding hydrogens is 344 g/mol. The molecule has 0 bridgehead atoms. The third kappa shape index (κ3) is 6.71. The topological polar surface area (TPSA) is 35.5 Å². The Morgan fingerprint density at radius 2 is 1.65 bits per heavy atom. The Morgan fingerprint density at radius 3 is 2.12 bits per heavy atom. The molecule has 1 aliphatic heterocycles. The highest BCUT2D eigenvalue weighted by molar-refractivity contribution is 8.14. The van der Waals surface area contributed by atoms with Gasteiger partial charge in [0.15, 0.2) is 6.29 Å². The number of ether oxygens (including phenoxy) is 2. The molecule has 0 amide bonds. The van der Waals surface area contributed by atoms with Crippen LogP contribution in [0, 0.1) is 11.3 Å². The second kappa shape index (κ2) is 11.8. The molecule has 26 heavy (non-hydrogen) atoms. The Morgan fingerprint density at radius 1 is 1.12 bits per heavy atom. The summed E-state index contributed by atoms with van der Waals surface area (Å²) in [5.41, 5.74) is 1.89. The van der Waals surface area contributed by atoms with E-state index in [1.165, 1.54) is 11.8 Å². The third-order valence-electron chi connectivity index (χ3n) is 4.93. The molecule has 1 saturated heterocycles. The summed E-state index contributed by atoms with van der Waals surface area (Å²) in [4.78, 5) is 12.2. The minimum Gasteiger partial charge on any atom is -0.348 e. The summed E-state index contributed by atoms with van der Waals surface area (Å²) < 4.78 is 11.9. The van der Waals surface area contributed by atoms with Gasteiger partial charge in [0, 0.05) is 22.3 Å². The molecule has 0 radical (unpaired) electrons. The Balaban J connectivity index is 0.00000163. The second-order valence-electron chi connectivity index (χ2n) is 7.10. The van der Waals surface area contributed by atoms with Gasteiger partial charge in [-0.2, -0.15) is 0 Å². The molecule has 4 heteroatoms. The largest absolute Gasteiger partial charge is 0.348 e. The molecule has 0 aromatic heterocycles. The van der Waals surface area contributed by atoms with Crippen LogP contribution in [0.2, 0.25) is 0 Å². The average molecular weight is 381 g/mol. The normalized spacial score (nSPS) is 16.9. The zero-order valence-electron chi connectivity index (χ0n) is 17.3. The summed E-state index contributed by atoms with van der Waals surface area (Å²) in [6.45, 7) is 14.2. The zero-order chi connectivity index (χ0) is 19.6. The van der Waals surface area contributed by atoms with E-state index in [1.807, 2.05) is 38.1 Å². The van der Waals surface area contributed by atoms with Gasteiger partial charge >= 0.3 is 0 Å². The standard InChI is InChI=1S/C20H30O3S.C2H6/c1-5-20(6-2)13-22-19(23-14-20)17-9-7-16(8-10-17)18(21)24-12-11-15(3)4;1-2/h7-10,15,19H,5-6,11-14H2,1-4H3;1-2H3. The molecular formula is C22H36O3S. The highest BCUT2D eigenvalue weighted by Crippen LogP contribution is 2.36. The summed E-state index contributed by atoms with van der Waals surface area (Å²) in [5, 5.41) is 0.142. The van der Waals surface area contributed by atoms with E-state index in [-0.39, 0.29) is 16.8 Å². The molecule has 0 spiro atoms. The maximum atomic E-state index is 12.2. The van der Waals surface area contributed by atoms with Crippen LogP contribution in [0.5, 0.6) is 0 Å². The Hall–Kier alpha value is -0.840. The van der Waals surface area contributed by atoms with Crippen LogP contribution < -0.4 is 0 Å². The van der Waals surface area contributed by atoms with E-state index >= 15 is 0 Å². The molecule has 1 aromatic rings. The molecule has 1 aliphatic rings. The quantitative estimate of drug-likeness (QED) is 0.542. The van der Waals surface area contributed by atoms with Gasteiger partial charge in [0.2, 0.25) is 5.12 Å². The van der Waals surface area contributed by atoms with Crippen molar-refractivity contribution in [2.24, 2.45) is 11.3 Å². The monoisotopic (exact) mass is 380 g/mol. The van der Waals surface area contributed by atoms with Crippen molar-refractivity contribution in [2.75, 3.05) is 19.0 Å². The van der Waals surface area contributed by atoms with Crippen LogP contribution in [0.4, 0.5) is 0 Å². The van der Waals surface area contributed by atoms with Crippen LogP contribution in [-0.2, 0) is 9.47 Å². The van der Waals surface area contributed by atoms with Crippen LogP contribution >= 0.6 is 11.8 Å². The van der Waals surface area contributed by atoms with Gasteiger partial charge in [-0.1, -0.05) is 77.6 Å². The smallest absolute Gasteiger partial charge is 0.219 e. The molecule has 2 rings (SSSR count). The predicted octanol–water partition coefficient (Wildman–Crippen LogP) is 6.48. The summed E-state index contributed by atoms with van der Waals surface area (Å²) in [6.07, 6.45) is 2.89. The van der Waals surface area contributed by atoms with Gasteiger partial charge in [-0.15, -0.1) is 0 Å². The number of carbonyl (C=O) groups is 1. The van der Waals surface area contributed by atoms with E-state index in [1.54, 1.807) is 0 Å².